The van der Waals surface area contributed by atoms with E-state index in [2.05, 4.69) is 10.5 Å². The molecular weight excluding hydrogens is 501 g/mol. The van der Waals surface area contributed by atoms with Crippen LogP contribution in [-0.2, 0) is 0 Å². The van der Waals surface area contributed by atoms with Gasteiger partial charge in [0.15, 0.2) is 5.69 Å². The molecule has 0 aliphatic carbocycles. The summed E-state index contributed by atoms with van der Waals surface area (Å²) in [5.41, 5.74) is 4.35. The number of anilines is 1. The van der Waals surface area contributed by atoms with Crippen molar-refractivity contribution < 1.29 is 14.7 Å². The molecule has 4 rings (SSSR count). The Kier molecular flexibility index (Phi) is 7.33. The number of carbonyl (C=O) groups is 2. The monoisotopic (exact) mass is 521 g/mol. The van der Waals surface area contributed by atoms with Crippen LogP contribution in [-0.4, -0.2) is 52.0 Å². The number of benzene rings is 2. The van der Waals surface area contributed by atoms with E-state index in [0.717, 1.165) is 24.2 Å². The molecule has 2 N–H and O–H groups in total. The zero-order valence-electron chi connectivity index (χ0n) is 18.3. The molecule has 0 unspecified atom stereocenters. The molecule has 1 fully saturated rings. The summed E-state index contributed by atoms with van der Waals surface area (Å²) < 4.78 is 1.46. The molecule has 8 nitrogen and oxygen atoms in total. The standard InChI is InChI=1S/C23H22Cl3N5O3/c1-29(23(33)34)21-19(22(32)28-30-11-3-2-4-12-30)27-31(18-10-9-16(25)13-17(18)26)20(21)14-5-7-15(24)8-6-14/h5-10,13H,2-4,11-12H2,1H3,(H,28,32)(H,33,34). The highest BCUT2D eigenvalue weighted by atomic mass is 35.5. The molecular formula is C23H22Cl3N5O3. The van der Waals surface area contributed by atoms with E-state index in [1.165, 1.54) is 11.7 Å². The van der Waals surface area contributed by atoms with Gasteiger partial charge in [-0.25, -0.2) is 14.5 Å². The van der Waals surface area contributed by atoms with Crippen LogP contribution in [0.25, 0.3) is 16.9 Å². The molecule has 0 bridgehead atoms. The summed E-state index contributed by atoms with van der Waals surface area (Å²) in [4.78, 5) is 26.4. The number of carbonyl (C=O) groups excluding carboxylic acids is 1. The molecule has 0 atom stereocenters. The van der Waals surface area contributed by atoms with E-state index in [9.17, 15) is 14.7 Å². The van der Waals surface area contributed by atoms with E-state index in [0.29, 0.717) is 40.1 Å². The first-order chi connectivity index (χ1) is 16.3. The minimum absolute atomic E-state index is 0.0496. The van der Waals surface area contributed by atoms with Crippen molar-refractivity contribution in [2.24, 2.45) is 0 Å². The second kappa shape index (κ2) is 10.2. The maximum absolute atomic E-state index is 13.4. The summed E-state index contributed by atoms with van der Waals surface area (Å²) in [5.74, 6) is -0.510. The van der Waals surface area contributed by atoms with Gasteiger partial charge in [-0.3, -0.25) is 15.1 Å². The number of amides is 2. The van der Waals surface area contributed by atoms with E-state index in [1.807, 2.05) is 5.01 Å². The lowest BCUT2D eigenvalue weighted by Crippen LogP contribution is -2.45. The Balaban J connectivity index is 1.94. The van der Waals surface area contributed by atoms with E-state index < -0.39 is 12.0 Å². The fraction of sp³-hybridized carbons (Fsp3) is 0.261. The lowest BCUT2D eigenvalue weighted by atomic mass is 10.1. The Morgan fingerprint density at radius 2 is 1.65 bits per heavy atom. The van der Waals surface area contributed by atoms with Crippen LogP contribution in [0.2, 0.25) is 15.1 Å². The molecule has 0 saturated carbocycles. The van der Waals surface area contributed by atoms with Gasteiger partial charge in [-0.1, -0.05) is 53.4 Å². The van der Waals surface area contributed by atoms with Gasteiger partial charge in [0, 0.05) is 35.7 Å². The minimum Gasteiger partial charge on any atom is -0.465 e. The van der Waals surface area contributed by atoms with Crippen LogP contribution in [0.1, 0.15) is 29.8 Å². The Morgan fingerprint density at radius 3 is 2.26 bits per heavy atom. The van der Waals surface area contributed by atoms with Gasteiger partial charge in [-0.05, 0) is 43.2 Å². The molecule has 1 aromatic heterocycles. The summed E-state index contributed by atoms with van der Waals surface area (Å²) in [6, 6.07) is 11.7. The van der Waals surface area contributed by atoms with Crippen molar-refractivity contribution in [3.05, 3.63) is 63.2 Å². The van der Waals surface area contributed by atoms with Gasteiger partial charge >= 0.3 is 6.09 Å². The van der Waals surface area contributed by atoms with Gasteiger partial charge in [0.1, 0.15) is 5.69 Å². The van der Waals surface area contributed by atoms with E-state index in [-0.39, 0.29) is 16.4 Å². The van der Waals surface area contributed by atoms with Crippen LogP contribution in [0.3, 0.4) is 0 Å². The highest BCUT2D eigenvalue weighted by molar-refractivity contribution is 6.35. The number of carboxylic acid groups (broad SMARTS) is 1. The molecule has 2 amide bonds. The normalized spacial score (nSPS) is 14.1. The molecule has 0 spiro atoms. The Bertz CT molecular complexity index is 1220. The zero-order chi connectivity index (χ0) is 24.4. The molecule has 1 saturated heterocycles. The fourth-order valence-electron chi connectivity index (χ4n) is 3.87. The summed E-state index contributed by atoms with van der Waals surface area (Å²) >= 11 is 18.6. The van der Waals surface area contributed by atoms with Crippen LogP contribution < -0.4 is 10.3 Å². The Morgan fingerprint density at radius 1 is 1.00 bits per heavy atom. The molecule has 34 heavy (non-hydrogen) atoms. The average molecular weight is 523 g/mol. The van der Waals surface area contributed by atoms with Crippen molar-refractivity contribution in [1.29, 1.82) is 0 Å². The fourth-order valence-corrected chi connectivity index (χ4v) is 4.49. The second-order valence-corrected chi connectivity index (χ2v) is 9.17. The molecule has 1 aliphatic rings. The number of nitrogens with one attached hydrogen (secondary N) is 1. The number of piperidine rings is 1. The van der Waals surface area contributed by atoms with Crippen molar-refractivity contribution in [2.75, 3.05) is 25.0 Å². The highest BCUT2D eigenvalue weighted by Crippen LogP contribution is 2.38. The number of hydrazine groups is 1. The maximum atomic E-state index is 13.4. The third-order valence-electron chi connectivity index (χ3n) is 5.57. The van der Waals surface area contributed by atoms with Crippen molar-refractivity contribution >= 4 is 52.5 Å². The summed E-state index contributed by atoms with van der Waals surface area (Å²) in [7, 11) is 1.37. The van der Waals surface area contributed by atoms with Gasteiger partial charge in [0.25, 0.3) is 5.91 Å². The smallest absolute Gasteiger partial charge is 0.411 e. The van der Waals surface area contributed by atoms with Gasteiger partial charge in [-0.2, -0.15) is 5.10 Å². The molecule has 3 aromatic rings. The largest absolute Gasteiger partial charge is 0.465 e. The van der Waals surface area contributed by atoms with Crippen LogP contribution in [0.4, 0.5) is 10.5 Å². The maximum Gasteiger partial charge on any atom is 0.411 e. The zero-order valence-corrected chi connectivity index (χ0v) is 20.5. The van der Waals surface area contributed by atoms with Gasteiger partial charge < -0.3 is 5.11 Å². The minimum atomic E-state index is -1.25. The number of hydrogen-bond acceptors (Lipinski definition) is 4. The van der Waals surface area contributed by atoms with E-state index >= 15 is 0 Å². The summed E-state index contributed by atoms with van der Waals surface area (Å²) in [6.45, 7) is 1.42. The van der Waals surface area contributed by atoms with E-state index in [4.69, 9.17) is 34.8 Å². The Labute approximate surface area is 211 Å². The number of halogens is 3. The van der Waals surface area contributed by atoms with Crippen molar-refractivity contribution in [3.63, 3.8) is 0 Å². The van der Waals surface area contributed by atoms with Crippen LogP contribution in [0, 0.1) is 0 Å². The predicted molar refractivity (Wildman–Crippen MR) is 133 cm³/mol. The quantitative estimate of drug-likeness (QED) is 0.446. The van der Waals surface area contributed by atoms with Crippen LogP contribution >= 0.6 is 34.8 Å². The number of nitrogens with zero attached hydrogens (tertiary/aromatic N) is 4. The highest BCUT2D eigenvalue weighted by Gasteiger charge is 2.31. The average Bonchev–Trinajstić information content (AvgIpc) is 3.20. The third-order valence-corrected chi connectivity index (χ3v) is 6.36. The topological polar surface area (TPSA) is 90.7 Å². The second-order valence-electron chi connectivity index (χ2n) is 7.89. The van der Waals surface area contributed by atoms with Gasteiger partial charge in [0.05, 0.1) is 16.4 Å². The lowest BCUT2D eigenvalue weighted by molar-refractivity contribution is 0.0745. The van der Waals surface area contributed by atoms with Crippen molar-refractivity contribution in [1.82, 2.24) is 20.2 Å². The lowest BCUT2D eigenvalue weighted by Gasteiger charge is -2.26. The molecule has 2 aromatic carbocycles. The predicted octanol–water partition coefficient (Wildman–Crippen LogP) is 5.74. The third kappa shape index (κ3) is 5.00. The number of hydrogen-bond donors (Lipinski definition) is 2. The Hall–Kier alpha value is -2.78. The number of rotatable bonds is 5. The first kappa shape index (κ1) is 24.3. The molecule has 1 aliphatic heterocycles. The van der Waals surface area contributed by atoms with E-state index in [1.54, 1.807) is 42.5 Å². The first-order valence-electron chi connectivity index (χ1n) is 10.6. The molecule has 178 valence electrons. The van der Waals surface area contributed by atoms with Crippen LogP contribution in [0.15, 0.2) is 42.5 Å². The molecule has 11 heteroatoms. The summed E-state index contributed by atoms with van der Waals surface area (Å²) in [5, 5.41) is 17.4. The molecule has 2 heterocycles. The number of aromatic nitrogens is 2. The SMILES string of the molecule is CN(C(=O)O)c1c(C(=O)NN2CCCCC2)nn(-c2ccc(Cl)cc2Cl)c1-c1ccc(Cl)cc1. The van der Waals surface area contributed by atoms with Crippen LogP contribution in [0.5, 0.6) is 0 Å². The van der Waals surface area contributed by atoms with Crippen molar-refractivity contribution in [2.45, 2.75) is 19.3 Å². The van der Waals surface area contributed by atoms with Gasteiger partial charge in [-0.15, -0.1) is 0 Å². The first-order valence-corrected chi connectivity index (χ1v) is 11.8. The van der Waals surface area contributed by atoms with Gasteiger partial charge in [0.2, 0.25) is 0 Å². The van der Waals surface area contributed by atoms with Crippen molar-refractivity contribution in [3.8, 4) is 16.9 Å². The summed E-state index contributed by atoms with van der Waals surface area (Å²) in [6.07, 6.45) is 1.79. The molecule has 0 radical (unpaired) electrons.